The maximum atomic E-state index is 12.1. The van der Waals surface area contributed by atoms with Gasteiger partial charge in [0.1, 0.15) is 5.69 Å². The minimum atomic E-state index is -3.94. The molecule has 0 aliphatic heterocycles. The Bertz CT molecular complexity index is 661. The summed E-state index contributed by atoms with van der Waals surface area (Å²) in [6.45, 7) is 1.56. The van der Waals surface area contributed by atoms with Crippen LogP contribution < -0.4 is 16.0 Å². The van der Waals surface area contributed by atoms with Gasteiger partial charge in [0.25, 0.3) is 5.69 Å². The fourth-order valence-electron chi connectivity index (χ4n) is 1.67. The topological polar surface area (TPSA) is 144 Å². The lowest BCUT2D eigenvalue weighted by Crippen LogP contribution is -2.36. The molecule has 0 aliphatic rings. The van der Waals surface area contributed by atoms with Crippen LogP contribution in [0.4, 0.5) is 11.4 Å². The number of nitro groups is 1. The molecule has 2 unspecified atom stereocenters. The van der Waals surface area contributed by atoms with Crippen LogP contribution in [0.15, 0.2) is 23.1 Å². The molecule has 9 nitrogen and oxygen atoms in total. The number of hydrogen-bond acceptors (Lipinski definition) is 7. The Morgan fingerprint density at radius 3 is 2.57 bits per heavy atom. The fourth-order valence-corrected chi connectivity index (χ4v) is 3.83. The number of nitrogen functional groups attached to an aromatic ring is 1. The summed E-state index contributed by atoms with van der Waals surface area (Å²) in [7, 11) is -5.11. The zero-order valence-electron chi connectivity index (χ0n) is 11.4. The molecule has 0 spiro atoms. The highest BCUT2D eigenvalue weighted by Crippen LogP contribution is 2.26. The van der Waals surface area contributed by atoms with Crippen LogP contribution in [0.3, 0.4) is 0 Å². The molecule has 4 N–H and O–H groups in total. The molecule has 1 rings (SSSR count). The lowest BCUT2D eigenvalue weighted by Gasteiger charge is -2.13. The summed E-state index contributed by atoms with van der Waals surface area (Å²) < 4.78 is 37.6. The maximum Gasteiger partial charge on any atom is 0.294 e. The molecule has 0 saturated carbocycles. The van der Waals surface area contributed by atoms with Gasteiger partial charge in [-0.25, -0.2) is 13.1 Å². The SMILES string of the molecule is CC(CS(C)=O)NS(=O)(=O)c1ccc(NN)c([N+](=O)[O-])c1. The Hall–Kier alpha value is -1.56. The van der Waals surface area contributed by atoms with E-state index in [2.05, 4.69) is 10.1 Å². The normalized spacial score (nSPS) is 14.4. The quantitative estimate of drug-likeness (QED) is 0.359. The van der Waals surface area contributed by atoms with Gasteiger partial charge in [-0.15, -0.1) is 0 Å². The second-order valence-electron chi connectivity index (χ2n) is 4.34. The molecule has 0 aromatic heterocycles. The molecular formula is C10H16N4O5S2. The average molecular weight is 336 g/mol. The smallest absolute Gasteiger partial charge is 0.294 e. The lowest BCUT2D eigenvalue weighted by atomic mass is 10.3. The zero-order valence-corrected chi connectivity index (χ0v) is 13.0. The van der Waals surface area contributed by atoms with E-state index in [1.165, 1.54) is 18.4 Å². The number of nitrogens with two attached hydrogens (primary N) is 1. The van der Waals surface area contributed by atoms with Crippen molar-refractivity contribution >= 4 is 32.2 Å². The molecule has 21 heavy (non-hydrogen) atoms. The second-order valence-corrected chi connectivity index (χ2v) is 7.54. The van der Waals surface area contributed by atoms with Gasteiger partial charge in [0, 0.05) is 34.9 Å². The third kappa shape index (κ3) is 4.74. The number of nitro benzene ring substituents is 1. The number of hydrazine groups is 1. The number of nitrogens with one attached hydrogen (secondary N) is 2. The van der Waals surface area contributed by atoms with Crippen molar-refractivity contribution in [2.24, 2.45) is 5.84 Å². The lowest BCUT2D eigenvalue weighted by molar-refractivity contribution is -0.384. The van der Waals surface area contributed by atoms with Crippen molar-refractivity contribution < 1.29 is 17.6 Å². The van der Waals surface area contributed by atoms with Gasteiger partial charge in [0.2, 0.25) is 10.0 Å². The van der Waals surface area contributed by atoms with Gasteiger partial charge < -0.3 is 5.43 Å². The number of hydrogen-bond donors (Lipinski definition) is 3. The van der Waals surface area contributed by atoms with E-state index < -0.39 is 37.5 Å². The van der Waals surface area contributed by atoms with Gasteiger partial charge in [-0.3, -0.25) is 20.2 Å². The Morgan fingerprint density at radius 1 is 1.48 bits per heavy atom. The molecular weight excluding hydrogens is 320 g/mol. The highest BCUT2D eigenvalue weighted by atomic mass is 32.2. The molecule has 0 saturated heterocycles. The predicted molar refractivity (Wildman–Crippen MR) is 79.6 cm³/mol. The van der Waals surface area contributed by atoms with Crippen LogP contribution in [0.1, 0.15) is 6.92 Å². The molecule has 1 aromatic carbocycles. The number of anilines is 1. The molecule has 1 aromatic rings. The van der Waals surface area contributed by atoms with Crippen LogP contribution in [0.2, 0.25) is 0 Å². The number of benzene rings is 1. The third-order valence-corrected chi connectivity index (χ3v) is 5.03. The third-order valence-electron chi connectivity index (χ3n) is 2.47. The van der Waals surface area contributed by atoms with E-state index in [0.717, 1.165) is 6.07 Å². The standard InChI is InChI=1S/C10H16N4O5S2/c1-7(6-20(2)17)13-21(18,19)8-3-4-9(12-11)10(5-8)14(15)16/h3-5,7,12-13H,6,11H2,1-2H3. The van der Waals surface area contributed by atoms with Gasteiger partial charge >= 0.3 is 0 Å². The number of sulfonamides is 1. The summed E-state index contributed by atoms with van der Waals surface area (Å²) in [6, 6.07) is 2.75. The van der Waals surface area contributed by atoms with Crippen molar-refractivity contribution in [1.29, 1.82) is 0 Å². The Morgan fingerprint density at radius 2 is 2.10 bits per heavy atom. The Balaban J connectivity index is 3.12. The van der Waals surface area contributed by atoms with Crippen molar-refractivity contribution in [1.82, 2.24) is 4.72 Å². The van der Waals surface area contributed by atoms with Crippen molar-refractivity contribution in [3.05, 3.63) is 28.3 Å². The highest BCUT2D eigenvalue weighted by molar-refractivity contribution is 7.89. The molecule has 118 valence electrons. The van der Waals surface area contributed by atoms with Crippen LogP contribution in [-0.2, 0) is 20.8 Å². The van der Waals surface area contributed by atoms with E-state index in [4.69, 9.17) is 5.84 Å². The monoisotopic (exact) mass is 336 g/mol. The summed E-state index contributed by atoms with van der Waals surface area (Å²) in [5.41, 5.74) is 1.68. The Labute approximate surface area is 124 Å². The first-order valence-corrected chi connectivity index (χ1v) is 8.96. The van der Waals surface area contributed by atoms with Crippen molar-refractivity contribution in [3.8, 4) is 0 Å². The molecule has 0 heterocycles. The molecule has 0 fully saturated rings. The van der Waals surface area contributed by atoms with Crippen LogP contribution >= 0.6 is 0 Å². The largest absolute Gasteiger partial charge is 0.318 e. The van der Waals surface area contributed by atoms with Crippen LogP contribution in [0.25, 0.3) is 0 Å². The van der Waals surface area contributed by atoms with Crippen LogP contribution in [0.5, 0.6) is 0 Å². The van der Waals surface area contributed by atoms with Gasteiger partial charge in [-0.05, 0) is 19.1 Å². The molecule has 0 aliphatic carbocycles. The maximum absolute atomic E-state index is 12.1. The second kappa shape index (κ2) is 6.93. The van der Waals surface area contributed by atoms with Crippen molar-refractivity contribution in [2.75, 3.05) is 17.4 Å². The molecule has 0 radical (unpaired) electrons. The van der Waals surface area contributed by atoms with E-state index in [-0.39, 0.29) is 16.3 Å². The first-order chi connectivity index (χ1) is 9.67. The van der Waals surface area contributed by atoms with Gasteiger partial charge in [-0.1, -0.05) is 0 Å². The minimum Gasteiger partial charge on any atom is -0.318 e. The van der Waals surface area contributed by atoms with Crippen molar-refractivity contribution in [3.63, 3.8) is 0 Å². The zero-order chi connectivity index (χ0) is 16.2. The van der Waals surface area contributed by atoms with E-state index in [1.807, 2.05) is 0 Å². The number of rotatable bonds is 7. The van der Waals surface area contributed by atoms with Crippen molar-refractivity contribution in [2.45, 2.75) is 17.9 Å². The predicted octanol–water partition coefficient (Wildman–Crippen LogP) is -0.0743. The van der Waals surface area contributed by atoms with Crippen LogP contribution in [0, 0.1) is 10.1 Å². The number of nitrogens with zero attached hydrogens (tertiary/aromatic N) is 1. The molecule has 0 bridgehead atoms. The fraction of sp³-hybridized carbons (Fsp3) is 0.400. The summed E-state index contributed by atoms with van der Waals surface area (Å²) in [5.74, 6) is 5.27. The van der Waals surface area contributed by atoms with E-state index >= 15 is 0 Å². The first-order valence-electron chi connectivity index (χ1n) is 5.74. The summed E-state index contributed by atoms with van der Waals surface area (Å²) in [6.07, 6.45) is 1.46. The molecule has 2 atom stereocenters. The van der Waals surface area contributed by atoms with Gasteiger partial charge in [0.05, 0.1) is 9.82 Å². The van der Waals surface area contributed by atoms with Gasteiger partial charge in [0.15, 0.2) is 0 Å². The van der Waals surface area contributed by atoms with Gasteiger partial charge in [-0.2, -0.15) is 0 Å². The summed E-state index contributed by atoms with van der Waals surface area (Å²) in [5, 5.41) is 10.9. The van der Waals surface area contributed by atoms with E-state index in [0.29, 0.717) is 0 Å². The van der Waals surface area contributed by atoms with E-state index in [9.17, 15) is 22.7 Å². The summed E-state index contributed by atoms with van der Waals surface area (Å²) >= 11 is 0. The highest BCUT2D eigenvalue weighted by Gasteiger charge is 2.22. The average Bonchev–Trinajstić information content (AvgIpc) is 2.35. The first kappa shape index (κ1) is 17.5. The van der Waals surface area contributed by atoms with E-state index in [1.54, 1.807) is 6.92 Å². The summed E-state index contributed by atoms with van der Waals surface area (Å²) in [4.78, 5) is 9.88. The van der Waals surface area contributed by atoms with Crippen LogP contribution in [-0.4, -0.2) is 35.6 Å². The molecule has 0 amide bonds. The molecule has 11 heteroatoms. The Kier molecular flexibility index (Phi) is 5.78. The minimum absolute atomic E-state index is 0.00154.